The zero-order chi connectivity index (χ0) is 16.2. The highest BCUT2D eigenvalue weighted by Gasteiger charge is 2.22. The topological polar surface area (TPSA) is 82.5 Å². The van der Waals surface area contributed by atoms with Gasteiger partial charge in [-0.05, 0) is 50.6 Å². The first-order valence-electron chi connectivity index (χ1n) is 7.95. The Hall–Kier alpha value is -2.40. The van der Waals surface area contributed by atoms with Gasteiger partial charge in [-0.3, -0.25) is 0 Å². The molecular formula is C18H23N3O2. The number of hydrogen-bond acceptors (Lipinski definition) is 5. The second-order valence-corrected chi connectivity index (χ2v) is 5.89. The predicted octanol–water partition coefficient (Wildman–Crippen LogP) is 3.16. The van der Waals surface area contributed by atoms with Crippen LogP contribution in [0.25, 0.3) is 0 Å². The molecule has 1 aliphatic heterocycles. The van der Waals surface area contributed by atoms with E-state index in [2.05, 4.69) is 12.2 Å². The molecule has 5 N–H and O–H groups in total. The first-order valence-corrected chi connectivity index (χ1v) is 7.95. The van der Waals surface area contributed by atoms with Gasteiger partial charge in [0.2, 0.25) is 0 Å². The van der Waals surface area contributed by atoms with Gasteiger partial charge < -0.3 is 26.3 Å². The number of ether oxygens (including phenoxy) is 2. The molecule has 2 aromatic carbocycles. The molecule has 1 aliphatic rings. The van der Waals surface area contributed by atoms with Gasteiger partial charge in [0.05, 0.1) is 11.4 Å². The minimum Gasteiger partial charge on any atom is -0.489 e. The van der Waals surface area contributed by atoms with Crippen LogP contribution in [0.5, 0.6) is 17.2 Å². The molecular weight excluding hydrogens is 290 g/mol. The van der Waals surface area contributed by atoms with Crippen LogP contribution in [-0.2, 0) is 0 Å². The van der Waals surface area contributed by atoms with Gasteiger partial charge in [-0.2, -0.15) is 0 Å². The number of nitrogen functional groups attached to an aromatic ring is 2. The Morgan fingerprint density at radius 2 is 1.83 bits per heavy atom. The van der Waals surface area contributed by atoms with Crippen molar-refractivity contribution in [2.45, 2.75) is 31.9 Å². The molecule has 2 unspecified atom stereocenters. The van der Waals surface area contributed by atoms with Crippen molar-refractivity contribution in [3.8, 4) is 17.2 Å². The van der Waals surface area contributed by atoms with Crippen LogP contribution in [0, 0.1) is 0 Å². The SMILES string of the molecule is CC(Oc1cccc(Oc2ccc(N)c(N)c2)c1)C1CCCN1. The highest BCUT2D eigenvalue weighted by atomic mass is 16.5. The summed E-state index contributed by atoms with van der Waals surface area (Å²) in [5.41, 5.74) is 12.6. The van der Waals surface area contributed by atoms with Gasteiger partial charge in [0.25, 0.3) is 0 Å². The summed E-state index contributed by atoms with van der Waals surface area (Å²) in [5, 5.41) is 3.46. The summed E-state index contributed by atoms with van der Waals surface area (Å²) in [5.74, 6) is 2.16. The summed E-state index contributed by atoms with van der Waals surface area (Å²) >= 11 is 0. The van der Waals surface area contributed by atoms with E-state index in [-0.39, 0.29) is 6.10 Å². The molecule has 0 radical (unpaired) electrons. The average molecular weight is 313 g/mol. The Morgan fingerprint density at radius 1 is 1.04 bits per heavy atom. The van der Waals surface area contributed by atoms with Crippen molar-refractivity contribution in [2.75, 3.05) is 18.0 Å². The summed E-state index contributed by atoms with van der Waals surface area (Å²) in [6.45, 7) is 3.16. The molecule has 2 aromatic rings. The van der Waals surface area contributed by atoms with E-state index in [0.29, 0.717) is 28.9 Å². The Kier molecular flexibility index (Phi) is 4.57. The van der Waals surface area contributed by atoms with E-state index in [4.69, 9.17) is 20.9 Å². The minimum absolute atomic E-state index is 0.125. The number of anilines is 2. The molecule has 0 aromatic heterocycles. The van der Waals surface area contributed by atoms with Crippen molar-refractivity contribution in [3.63, 3.8) is 0 Å². The second kappa shape index (κ2) is 6.79. The summed E-state index contributed by atoms with van der Waals surface area (Å²) in [7, 11) is 0. The molecule has 0 spiro atoms. The first kappa shape index (κ1) is 15.5. The van der Waals surface area contributed by atoms with E-state index in [9.17, 15) is 0 Å². The van der Waals surface area contributed by atoms with Crippen molar-refractivity contribution >= 4 is 11.4 Å². The third-order valence-electron chi connectivity index (χ3n) is 4.09. The monoisotopic (exact) mass is 313 g/mol. The third kappa shape index (κ3) is 3.87. The summed E-state index contributed by atoms with van der Waals surface area (Å²) < 4.78 is 11.9. The van der Waals surface area contributed by atoms with Crippen LogP contribution in [0.15, 0.2) is 42.5 Å². The number of benzene rings is 2. The molecule has 0 saturated carbocycles. The molecule has 0 aliphatic carbocycles. The lowest BCUT2D eigenvalue weighted by Crippen LogP contribution is -2.36. The lowest BCUT2D eigenvalue weighted by atomic mass is 10.1. The molecule has 1 heterocycles. The van der Waals surface area contributed by atoms with Gasteiger partial charge in [0.15, 0.2) is 0 Å². The molecule has 5 nitrogen and oxygen atoms in total. The number of rotatable bonds is 5. The molecule has 0 bridgehead atoms. The molecule has 0 amide bonds. The fourth-order valence-corrected chi connectivity index (χ4v) is 2.77. The van der Waals surface area contributed by atoms with Crippen LogP contribution in [-0.4, -0.2) is 18.7 Å². The summed E-state index contributed by atoms with van der Waals surface area (Å²) in [6, 6.07) is 13.3. The fraction of sp³-hybridized carbons (Fsp3) is 0.333. The zero-order valence-corrected chi connectivity index (χ0v) is 13.3. The van der Waals surface area contributed by atoms with Crippen molar-refractivity contribution in [2.24, 2.45) is 0 Å². The second-order valence-electron chi connectivity index (χ2n) is 5.89. The Balaban J connectivity index is 1.67. The smallest absolute Gasteiger partial charge is 0.131 e. The lowest BCUT2D eigenvalue weighted by Gasteiger charge is -2.21. The minimum atomic E-state index is 0.125. The van der Waals surface area contributed by atoms with Gasteiger partial charge in [-0.25, -0.2) is 0 Å². The quantitative estimate of drug-likeness (QED) is 0.739. The van der Waals surface area contributed by atoms with Crippen LogP contribution in [0.4, 0.5) is 11.4 Å². The summed E-state index contributed by atoms with van der Waals surface area (Å²) in [4.78, 5) is 0. The van der Waals surface area contributed by atoms with Crippen molar-refractivity contribution in [3.05, 3.63) is 42.5 Å². The Morgan fingerprint density at radius 3 is 2.57 bits per heavy atom. The van der Waals surface area contributed by atoms with Gasteiger partial charge >= 0.3 is 0 Å². The average Bonchev–Trinajstić information content (AvgIpc) is 3.06. The normalized spacial score (nSPS) is 18.6. The molecule has 1 saturated heterocycles. The predicted molar refractivity (Wildman–Crippen MR) is 92.9 cm³/mol. The number of hydrogen-bond donors (Lipinski definition) is 3. The van der Waals surface area contributed by atoms with E-state index < -0.39 is 0 Å². The van der Waals surface area contributed by atoms with Crippen molar-refractivity contribution < 1.29 is 9.47 Å². The van der Waals surface area contributed by atoms with Crippen LogP contribution >= 0.6 is 0 Å². The number of nitrogens with two attached hydrogens (primary N) is 2. The van der Waals surface area contributed by atoms with Crippen LogP contribution < -0.4 is 26.3 Å². The van der Waals surface area contributed by atoms with Crippen LogP contribution in [0.3, 0.4) is 0 Å². The number of nitrogens with one attached hydrogen (secondary N) is 1. The van der Waals surface area contributed by atoms with Crippen molar-refractivity contribution in [1.82, 2.24) is 5.32 Å². The third-order valence-corrected chi connectivity index (χ3v) is 4.09. The largest absolute Gasteiger partial charge is 0.489 e. The van der Waals surface area contributed by atoms with Gasteiger partial charge in [-0.1, -0.05) is 6.07 Å². The van der Waals surface area contributed by atoms with E-state index in [1.165, 1.54) is 6.42 Å². The maximum atomic E-state index is 6.03. The molecule has 23 heavy (non-hydrogen) atoms. The summed E-state index contributed by atoms with van der Waals surface area (Å²) in [6.07, 6.45) is 2.49. The fourth-order valence-electron chi connectivity index (χ4n) is 2.77. The Labute approximate surface area is 136 Å². The zero-order valence-electron chi connectivity index (χ0n) is 13.3. The van der Waals surface area contributed by atoms with Gasteiger partial charge in [-0.15, -0.1) is 0 Å². The maximum absolute atomic E-state index is 6.03. The van der Waals surface area contributed by atoms with Gasteiger partial charge in [0, 0.05) is 18.2 Å². The standard InChI is InChI=1S/C18H23N3O2/c1-12(18-6-3-9-21-18)22-13-4-2-5-14(10-13)23-15-7-8-16(19)17(20)11-15/h2,4-5,7-8,10-12,18,21H,3,6,9,19-20H2,1H3. The molecule has 122 valence electrons. The molecule has 2 atom stereocenters. The first-order chi connectivity index (χ1) is 11.1. The van der Waals surface area contributed by atoms with Crippen LogP contribution in [0.2, 0.25) is 0 Å². The van der Waals surface area contributed by atoms with E-state index in [1.807, 2.05) is 24.3 Å². The van der Waals surface area contributed by atoms with E-state index in [1.54, 1.807) is 18.2 Å². The van der Waals surface area contributed by atoms with E-state index in [0.717, 1.165) is 18.7 Å². The molecule has 3 rings (SSSR count). The highest BCUT2D eigenvalue weighted by Crippen LogP contribution is 2.29. The van der Waals surface area contributed by atoms with E-state index >= 15 is 0 Å². The molecule has 1 fully saturated rings. The lowest BCUT2D eigenvalue weighted by molar-refractivity contribution is 0.179. The maximum Gasteiger partial charge on any atom is 0.131 e. The highest BCUT2D eigenvalue weighted by molar-refractivity contribution is 5.65. The Bertz CT molecular complexity index is 669. The van der Waals surface area contributed by atoms with Gasteiger partial charge in [0.1, 0.15) is 23.4 Å². The van der Waals surface area contributed by atoms with Crippen LogP contribution in [0.1, 0.15) is 19.8 Å². The molecule has 5 heteroatoms. The van der Waals surface area contributed by atoms with Crippen molar-refractivity contribution in [1.29, 1.82) is 0 Å².